The van der Waals surface area contributed by atoms with Gasteiger partial charge in [-0.1, -0.05) is 18.2 Å². The molecule has 1 saturated heterocycles. The highest BCUT2D eigenvalue weighted by atomic mass is 127. The molecule has 1 atom stereocenters. The van der Waals surface area contributed by atoms with Crippen LogP contribution in [0.4, 0.5) is 0 Å². The van der Waals surface area contributed by atoms with Gasteiger partial charge in [-0.25, -0.2) is 0 Å². The summed E-state index contributed by atoms with van der Waals surface area (Å²) in [5.74, 6) is 2.27. The van der Waals surface area contributed by atoms with E-state index in [2.05, 4.69) is 57.7 Å². The van der Waals surface area contributed by atoms with Crippen molar-refractivity contribution in [2.24, 2.45) is 4.99 Å². The predicted octanol–water partition coefficient (Wildman–Crippen LogP) is 3.99. The van der Waals surface area contributed by atoms with E-state index in [1.165, 1.54) is 36.3 Å². The molecule has 1 heterocycles. The smallest absolute Gasteiger partial charge is 0.191 e. The van der Waals surface area contributed by atoms with Crippen molar-refractivity contribution < 1.29 is 0 Å². The summed E-state index contributed by atoms with van der Waals surface area (Å²) in [4.78, 5) is 5.73. The van der Waals surface area contributed by atoms with Gasteiger partial charge in [0.1, 0.15) is 0 Å². The fraction of sp³-hybridized carbons (Fsp3) is 0.588. The summed E-state index contributed by atoms with van der Waals surface area (Å²) in [5.41, 5.74) is 0. The number of guanidine groups is 1. The maximum absolute atomic E-state index is 4.36. The molecule has 0 bridgehead atoms. The first-order valence-corrected chi connectivity index (χ1v) is 9.96. The predicted molar refractivity (Wildman–Crippen MR) is 115 cm³/mol. The minimum Gasteiger partial charge on any atom is -0.355 e. The van der Waals surface area contributed by atoms with E-state index in [9.17, 15) is 0 Å². The Bertz CT molecular complexity index is 500. The fourth-order valence-electron chi connectivity index (χ4n) is 2.67. The molecule has 3 nitrogen and oxygen atoms in total. The quantitative estimate of drug-likeness (QED) is 0.380. The number of hydrogen-bond donors (Lipinski definition) is 2. The van der Waals surface area contributed by atoms with Crippen molar-refractivity contribution in [2.75, 3.05) is 25.9 Å². The van der Waals surface area contributed by atoms with Crippen molar-refractivity contribution in [1.82, 2.24) is 10.6 Å². The van der Waals surface area contributed by atoms with E-state index >= 15 is 0 Å². The van der Waals surface area contributed by atoms with Crippen molar-refractivity contribution in [3.8, 4) is 0 Å². The van der Waals surface area contributed by atoms with Gasteiger partial charge in [0.25, 0.3) is 0 Å². The Hall–Kier alpha value is -0.0800. The third-order valence-electron chi connectivity index (χ3n) is 4.21. The molecule has 3 rings (SSSR count). The zero-order valence-electron chi connectivity index (χ0n) is 13.6. The Morgan fingerprint density at radius 1 is 1.30 bits per heavy atom. The molecule has 0 amide bonds. The van der Waals surface area contributed by atoms with Gasteiger partial charge in [-0.2, -0.15) is 11.8 Å². The zero-order chi connectivity index (χ0) is 15.3. The van der Waals surface area contributed by atoms with Crippen molar-refractivity contribution >= 4 is 53.5 Å². The molecular weight excluding hydrogens is 437 g/mol. The lowest BCUT2D eigenvalue weighted by atomic mass is 10.2. The fourth-order valence-corrected chi connectivity index (χ4v) is 5.12. The lowest BCUT2D eigenvalue weighted by molar-refractivity contribution is 0.717. The van der Waals surface area contributed by atoms with Crippen molar-refractivity contribution in [3.05, 3.63) is 30.3 Å². The van der Waals surface area contributed by atoms with E-state index in [1.807, 2.05) is 18.8 Å². The normalized spacial score (nSPS) is 22.3. The Labute approximate surface area is 165 Å². The standard InChI is InChI=1S/C17H25N3S2.HI/c1-18-16(19-12-15-8-5-11-21-15)20-13-17(9-10-17)22-14-6-3-2-4-7-14;/h2-4,6-7,15H,5,8-13H2,1H3,(H2,18,19,20);1H. The van der Waals surface area contributed by atoms with Crippen LogP contribution in [0.25, 0.3) is 0 Å². The van der Waals surface area contributed by atoms with E-state index in [0.29, 0.717) is 4.75 Å². The van der Waals surface area contributed by atoms with Crippen molar-refractivity contribution in [3.63, 3.8) is 0 Å². The third-order valence-corrected chi connectivity index (χ3v) is 7.10. The Morgan fingerprint density at radius 3 is 2.70 bits per heavy atom. The number of rotatable bonds is 6. The molecule has 2 aliphatic rings. The van der Waals surface area contributed by atoms with Gasteiger partial charge in [0.05, 0.1) is 0 Å². The summed E-state index contributed by atoms with van der Waals surface area (Å²) >= 11 is 4.09. The van der Waals surface area contributed by atoms with E-state index < -0.39 is 0 Å². The summed E-state index contributed by atoms with van der Waals surface area (Å²) in [6.07, 6.45) is 5.27. The van der Waals surface area contributed by atoms with Crippen LogP contribution in [0, 0.1) is 0 Å². The van der Waals surface area contributed by atoms with Crippen LogP contribution in [0.3, 0.4) is 0 Å². The molecule has 1 aromatic carbocycles. The maximum Gasteiger partial charge on any atom is 0.191 e. The summed E-state index contributed by atoms with van der Waals surface area (Å²) in [6, 6.07) is 10.7. The van der Waals surface area contributed by atoms with Crippen LogP contribution in [0.2, 0.25) is 0 Å². The molecule has 0 aromatic heterocycles. The SMILES string of the molecule is CN=C(NCC1CCCS1)NCC1(Sc2ccccc2)CC1.I. The van der Waals surface area contributed by atoms with Gasteiger partial charge in [0.15, 0.2) is 5.96 Å². The highest BCUT2D eigenvalue weighted by Crippen LogP contribution is 2.51. The molecule has 2 N–H and O–H groups in total. The molecule has 6 heteroatoms. The molecule has 0 radical (unpaired) electrons. The number of nitrogens with zero attached hydrogens (tertiary/aromatic N) is 1. The Morgan fingerprint density at radius 2 is 2.09 bits per heavy atom. The number of benzene rings is 1. The number of nitrogens with one attached hydrogen (secondary N) is 2. The van der Waals surface area contributed by atoms with E-state index in [-0.39, 0.29) is 24.0 Å². The van der Waals surface area contributed by atoms with Gasteiger partial charge < -0.3 is 10.6 Å². The second-order valence-corrected chi connectivity index (χ2v) is 8.99. The number of aliphatic imine (C=N–C) groups is 1. The minimum atomic E-state index is 0. The molecule has 128 valence electrons. The molecule has 1 aromatic rings. The van der Waals surface area contributed by atoms with Crippen LogP contribution >= 0.6 is 47.5 Å². The Balaban J connectivity index is 0.00000192. The molecule has 0 spiro atoms. The van der Waals surface area contributed by atoms with Crippen LogP contribution in [-0.2, 0) is 0 Å². The topological polar surface area (TPSA) is 36.4 Å². The lowest BCUT2D eigenvalue weighted by Gasteiger charge is -2.19. The van der Waals surface area contributed by atoms with Crippen LogP contribution in [0.5, 0.6) is 0 Å². The largest absolute Gasteiger partial charge is 0.355 e. The number of thioether (sulfide) groups is 2. The maximum atomic E-state index is 4.36. The lowest BCUT2D eigenvalue weighted by Crippen LogP contribution is -2.43. The van der Waals surface area contributed by atoms with Crippen LogP contribution in [0.1, 0.15) is 25.7 Å². The molecule has 1 saturated carbocycles. The molecular formula is C17H26IN3S2. The molecule has 1 unspecified atom stereocenters. The third kappa shape index (κ3) is 6.05. The molecule has 23 heavy (non-hydrogen) atoms. The van der Waals surface area contributed by atoms with Gasteiger partial charge in [0.2, 0.25) is 0 Å². The highest BCUT2D eigenvalue weighted by Gasteiger charge is 2.43. The summed E-state index contributed by atoms with van der Waals surface area (Å²) < 4.78 is 0.362. The second kappa shape index (κ2) is 9.42. The first-order chi connectivity index (χ1) is 10.8. The summed E-state index contributed by atoms with van der Waals surface area (Å²) in [6.45, 7) is 2.02. The van der Waals surface area contributed by atoms with Gasteiger partial charge >= 0.3 is 0 Å². The average Bonchev–Trinajstić information content (AvgIpc) is 3.11. The van der Waals surface area contributed by atoms with Crippen LogP contribution < -0.4 is 10.6 Å². The molecule has 2 fully saturated rings. The van der Waals surface area contributed by atoms with Crippen molar-refractivity contribution in [1.29, 1.82) is 0 Å². The highest BCUT2D eigenvalue weighted by molar-refractivity contribution is 14.0. The Kier molecular flexibility index (Phi) is 7.88. The van der Waals surface area contributed by atoms with Gasteiger partial charge in [0, 0.05) is 35.0 Å². The van der Waals surface area contributed by atoms with E-state index in [0.717, 1.165) is 24.3 Å². The summed E-state index contributed by atoms with van der Waals surface area (Å²) in [7, 11) is 1.86. The van der Waals surface area contributed by atoms with E-state index in [1.54, 1.807) is 0 Å². The molecule has 1 aliphatic carbocycles. The van der Waals surface area contributed by atoms with Crippen LogP contribution in [0.15, 0.2) is 40.2 Å². The van der Waals surface area contributed by atoms with Gasteiger partial charge in [-0.15, -0.1) is 35.7 Å². The summed E-state index contributed by atoms with van der Waals surface area (Å²) in [5, 5.41) is 7.77. The first-order valence-electron chi connectivity index (χ1n) is 8.10. The van der Waals surface area contributed by atoms with Crippen molar-refractivity contribution in [2.45, 2.75) is 40.6 Å². The van der Waals surface area contributed by atoms with Gasteiger partial charge in [-0.05, 0) is 43.6 Å². The molecule has 1 aliphatic heterocycles. The first kappa shape index (κ1) is 19.2. The number of hydrogen-bond acceptors (Lipinski definition) is 3. The van der Waals surface area contributed by atoms with Crippen LogP contribution in [-0.4, -0.2) is 41.8 Å². The van der Waals surface area contributed by atoms with E-state index in [4.69, 9.17) is 0 Å². The second-order valence-electron chi connectivity index (χ2n) is 6.04. The van der Waals surface area contributed by atoms with Gasteiger partial charge in [-0.3, -0.25) is 4.99 Å². The minimum absolute atomic E-state index is 0. The average molecular weight is 463 g/mol. The zero-order valence-corrected chi connectivity index (χ0v) is 17.5. The monoisotopic (exact) mass is 463 g/mol. The number of halogens is 1.